The number of nitrogens with zero attached hydrogens (tertiary/aromatic N) is 2. The molecular formula is C20H20N4O4S. The van der Waals surface area contributed by atoms with Gasteiger partial charge in [0, 0.05) is 41.5 Å². The summed E-state index contributed by atoms with van der Waals surface area (Å²) in [6.45, 7) is 0.604. The number of hydrogen-bond donors (Lipinski definition) is 2. The van der Waals surface area contributed by atoms with Gasteiger partial charge in [0.15, 0.2) is 11.5 Å². The summed E-state index contributed by atoms with van der Waals surface area (Å²) in [7, 11) is -0.589. The van der Waals surface area contributed by atoms with Gasteiger partial charge < -0.3 is 14.0 Å². The van der Waals surface area contributed by atoms with Crippen LogP contribution in [0.4, 0.5) is 5.69 Å². The number of methoxy groups -OCH3 is 2. The molecule has 0 spiro atoms. The zero-order valence-electron chi connectivity index (χ0n) is 15.9. The Morgan fingerprint density at radius 1 is 1.07 bits per heavy atom. The Balaban J connectivity index is 1.75. The van der Waals surface area contributed by atoms with Crippen LogP contribution in [-0.4, -0.2) is 32.2 Å². The highest BCUT2D eigenvalue weighted by atomic mass is 32.2. The molecule has 0 saturated heterocycles. The Morgan fingerprint density at radius 3 is 2.41 bits per heavy atom. The smallest absolute Gasteiger partial charge is 0.296 e. The largest absolute Gasteiger partial charge is 0.493 e. The summed E-state index contributed by atoms with van der Waals surface area (Å²) >= 11 is 0. The van der Waals surface area contributed by atoms with Crippen molar-refractivity contribution in [3.63, 3.8) is 0 Å². The molecule has 150 valence electrons. The molecule has 0 aliphatic heterocycles. The van der Waals surface area contributed by atoms with Gasteiger partial charge in [-0.2, -0.15) is 8.42 Å². The minimum atomic E-state index is -3.79. The first-order chi connectivity index (χ1) is 13.9. The zero-order chi connectivity index (χ0) is 20.6. The molecule has 8 nitrogen and oxygen atoms in total. The third-order valence-electron chi connectivity index (χ3n) is 4.66. The SMILES string of the molecule is COc1cc2ncc3ccn(Cc4ccc(NS(N)(=O)=O)cc4)c3c2cc1OC. The van der Waals surface area contributed by atoms with E-state index in [1.54, 1.807) is 26.4 Å². The first-order valence-corrected chi connectivity index (χ1v) is 10.3. The minimum Gasteiger partial charge on any atom is -0.493 e. The number of rotatable bonds is 6. The van der Waals surface area contributed by atoms with E-state index in [1.165, 1.54) is 0 Å². The van der Waals surface area contributed by atoms with Crippen molar-refractivity contribution < 1.29 is 17.9 Å². The number of ether oxygens (including phenoxy) is 2. The van der Waals surface area contributed by atoms with Crippen molar-refractivity contribution in [3.05, 3.63) is 60.4 Å². The van der Waals surface area contributed by atoms with Crippen molar-refractivity contribution in [1.29, 1.82) is 0 Å². The third-order valence-corrected chi connectivity index (χ3v) is 5.18. The van der Waals surface area contributed by atoms with E-state index in [9.17, 15) is 8.42 Å². The summed E-state index contributed by atoms with van der Waals surface area (Å²) in [4.78, 5) is 4.53. The van der Waals surface area contributed by atoms with E-state index < -0.39 is 10.2 Å². The van der Waals surface area contributed by atoms with E-state index >= 15 is 0 Å². The molecule has 2 aromatic heterocycles. The van der Waals surface area contributed by atoms with Gasteiger partial charge in [0.1, 0.15) is 0 Å². The second kappa shape index (κ2) is 7.26. The van der Waals surface area contributed by atoms with Gasteiger partial charge in [-0.3, -0.25) is 9.71 Å². The molecule has 29 heavy (non-hydrogen) atoms. The molecule has 0 saturated carbocycles. The topological polar surface area (TPSA) is 108 Å². The fourth-order valence-electron chi connectivity index (χ4n) is 3.38. The number of anilines is 1. The zero-order valence-corrected chi connectivity index (χ0v) is 16.7. The molecule has 0 unspecified atom stereocenters. The number of nitrogens with two attached hydrogens (primary N) is 1. The van der Waals surface area contributed by atoms with Crippen LogP contribution in [0.3, 0.4) is 0 Å². The first-order valence-electron chi connectivity index (χ1n) is 8.77. The Morgan fingerprint density at radius 2 is 1.76 bits per heavy atom. The average Bonchev–Trinajstić information content (AvgIpc) is 3.10. The van der Waals surface area contributed by atoms with Crippen molar-refractivity contribution in [2.45, 2.75) is 6.54 Å². The molecule has 2 aromatic carbocycles. The molecule has 0 fully saturated rings. The van der Waals surface area contributed by atoms with Gasteiger partial charge in [0.25, 0.3) is 10.2 Å². The number of pyridine rings is 1. The lowest BCUT2D eigenvalue weighted by molar-refractivity contribution is 0.356. The van der Waals surface area contributed by atoms with E-state index in [4.69, 9.17) is 14.6 Å². The van der Waals surface area contributed by atoms with Crippen molar-refractivity contribution in [3.8, 4) is 11.5 Å². The van der Waals surface area contributed by atoms with Crippen molar-refractivity contribution >= 4 is 37.7 Å². The molecule has 4 rings (SSSR count). The lowest BCUT2D eigenvalue weighted by Gasteiger charge is -2.12. The van der Waals surface area contributed by atoms with Gasteiger partial charge in [-0.25, -0.2) is 5.14 Å². The third kappa shape index (κ3) is 3.82. The van der Waals surface area contributed by atoms with Gasteiger partial charge >= 0.3 is 0 Å². The van der Waals surface area contributed by atoms with Crippen LogP contribution >= 0.6 is 0 Å². The maximum atomic E-state index is 11.1. The predicted octanol–water partition coefficient (Wildman–Crippen LogP) is 2.87. The number of hydrogen-bond acceptors (Lipinski definition) is 5. The number of nitrogens with one attached hydrogen (secondary N) is 1. The van der Waals surface area contributed by atoms with Crippen LogP contribution in [0, 0.1) is 0 Å². The monoisotopic (exact) mass is 412 g/mol. The molecule has 0 radical (unpaired) electrons. The van der Waals surface area contributed by atoms with Crippen LogP contribution in [0.15, 0.2) is 54.9 Å². The maximum absolute atomic E-state index is 11.1. The highest BCUT2D eigenvalue weighted by molar-refractivity contribution is 7.90. The Hall–Kier alpha value is -3.30. The molecule has 3 N–H and O–H groups in total. The molecule has 2 heterocycles. The summed E-state index contributed by atoms with van der Waals surface area (Å²) < 4.78 is 37.5. The number of benzene rings is 2. The van der Waals surface area contributed by atoms with Gasteiger partial charge in [-0.15, -0.1) is 0 Å². The predicted molar refractivity (Wildman–Crippen MR) is 113 cm³/mol. The van der Waals surface area contributed by atoms with Crippen LogP contribution in [0.2, 0.25) is 0 Å². The highest BCUT2D eigenvalue weighted by Crippen LogP contribution is 2.35. The summed E-state index contributed by atoms with van der Waals surface area (Å²) in [6, 6.07) is 12.9. The summed E-state index contributed by atoms with van der Waals surface area (Å²) in [6.07, 6.45) is 3.83. The lowest BCUT2D eigenvalue weighted by Crippen LogP contribution is -2.21. The lowest BCUT2D eigenvalue weighted by atomic mass is 10.1. The van der Waals surface area contributed by atoms with E-state index in [0.29, 0.717) is 23.7 Å². The minimum absolute atomic E-state index is 0.417. The molecule has 4 aromatic rings. The molecule has 0 aliphatic carbocycles. The average molecular weight is 412 g/mol. The second-order valence-electron chi connectivity index (χ2n) is 6.57. The van der Waals surface area contributed by atoms with E-state index in [0.717, 1.165) is 27.4 Å². The quantitative estimate of drug-likeness (QED) is 0.506. The Bertz CT molecular complexity index is 1300. The summed E-state index contributed by atoms with van der Waals surface area (Å²) in [5, 5.41) is 6.97. The summed E-state index contributed by atoms with van der Waals surface area (Å²) in [5.74, 6) is 1.27. The van der Waals surface area contributed by atoms with E-state index in [-0.39, 0.29) is 0 Å². The molecular weight excluding hydrogens is 392 g/mol. The first kappa shape index (κ1) is 19.0. The standard InChI is InChI=1S/C20H20N4O4S/c1-27-18-9-16-17(10-19(18)28-2)22-11-14-7-8-24(20(14)16)12-13-3-5-15(6-4-13)23-29(21,25)26/h3-11,23H,12H2,1-2H3,(H2,21,25,26). The van der Waals surface area contributed by atoms with Gasteiger partial charge in [-0.05, 0) is 29.8 Å². The molecule has 0 bridgehead atoms. The number of fused-ring (bicyclic) bond motifs is 3. The molecule has 0 atom stereocenters. The van der Waals surface area contributed by atoms with Crippen molar-refractivity contribution in [2.75, 3.05) is 18.9 Å². The summed E-state index contributed by atoms with van der Waals surface area (Å²) in [5.41, 5.74) is 3.26. The van der Waals surface area contributed by atoms with Crippen LogP contribution in [0.5, 0.6) is 11.5 Å². The highest BCUT2D eigenvalue weighted by Gasteiger charge is 2.13. The Kier molecular flexibility index (Phi) is 4.77. The van der Waals surface area contributed by atoms with E-state index in [2.05, 4.69) is 14.3 Å². The van der Waals surface area contributed by atoms with Gasteiger partial charge in [-0.1, -0.05) is 12.1 Å². The van der Waals surface area contributed by atoms with Crippen LogP contribution in [-0.2, 0) is 16.8 Å². The molecule has 0 aliphatic rings. The molecule has 9 heteroatoms. The molecule has 0 amide bonds. The van der Waals surface area contributed by atoms with Gasteiger partial charge in [0.2, 0.25) is 0 Å². The Labute approximate surface area is 168 Å². The number of aromatic nitrogens is 2. The normalized spacial score (nSPS) is 11.7. The second-order valence-corrected chi connectivity index (χ2v) is 7.87. The fourth-order valence-corrected chi connectivity index (χ4v) is 3.84. The van der Waals surface area contributed by atoms with Gasteiger partial charge in [0.05, 0.1) is 25.3 Å². The fraction of sp³-hybridized carbons (Fsp3) is 0.150. The van der Waals surface area contributed by atoms with Crippen LogP contribution < -0.4 is 19.3 Å². The van der Waals surface area contributed by atoms with Crippen LogP contribution in [0.1, 0.15) is 5.56 Å². The van der Waals surface area contributed by atoms with E-state index in [1.807, 2.05) is 42.7 Å². The maximum Gasteiger partial charge on any atom is 0.296 e. The van der Waals surface area contributed by atoms with Crippen molar-refractivity contribution in [1.82, 2.24) is 9.55 Å². The van der Waals surface area contributed by atoms with Crippen molar-refractivity contribution in [2.24, 2.45) is 5.14 Å². The van der Waals surface area contributed by atoms with Crippen LogP contribution in [0.25, 0.3) is 21.8 Å².